The Balaban J connectivity index is 1.40. The number of hydrogen-bond donors (Lipinski definition) is 2. The molecule has 0 spiro atoms. The smallest absolute Gasteiger partial charge is 0.257 e. The maximum absolute atomic E-state index is 6.28. The van der Waals surface area contributed by atoms with Crippen LogP contribution in [0.5, 0.6) is 5.88 Å². The quantitative estimate of drug-likeness (QED) is 0.739. The molecule has 2 aromatic heterocycles. The zero-order valence-corrected chi connectivity index (χ0v) is 18.5. The van der Waals surface area contributed by atoms with Crippen LogP contribution in [0.15, 0.2) is 6.20 Å². The van der Waals surface area contributed by atoms with Crippen LogP contribution in [0.25, 0.3) is 0 Å². The largest absolute Gasteiger partial charge is 0.475 e. The number of halogens is 1. The summed E-state index contributed by atoms with van der Waals surface area (Å²) in [6, 6.07) is 1.39. The minimum absolute atomic E-state index is 0.172. The first-order valence-electron chi connectivity index (χ1n) is 11.1. The van der Waals surface area contributed by atoms with E-state index in [0.717, 1.165) is 49.8 Å². The number of anilines is 3. The van der Waals surface area contributed by atoms with Crippen molar-refractivity contribution in [3.8, 4) is 5.88 Å². The molecular formula is C21H30ClN7O. The second kappa shape index (κ2) is 8.23. The first kappa shape index (κ1) is 19.9. The summed E-state index contributed by atoms with van der Waals surface area (Å²) < 4.78 is 8.26. The summed E-state index contributed by atoms with van der Waals surface area (Å²) in [5.41, 5.74) is 1.91. The highest BCUT2D eigenvalue weighted by molar-refractivity contribution is 6.32. The van der Waals surface area contributed by atoms with E-state index in [4.69, 9.17) is 21.4 Å². The second-order valence-corrected chi connectivity index (χ2v) is 9.17. The van der Waals surface area contributed by atoms with Crippen LogP contribution in [0.4, 0.5) is 17.5 Å². The van der Waals surface area contributed by atoms with E-state index in [9.17, 15) is 0 Å². The van der Waals surface area contributed by atoms with Gasteiger partial charge < -0.3 is 20.3 Å². The van der Waals surface area contributed by atoms with E-state index in [-0.39, 0.29) is 6.04 Å². The van der Waals surface area contributed by atoms with Crippen LogP contribution in [0.1, 0.15) is 57.2 Å². The van der Waals surface area contributed by atoms with Crippen molar-refractivity contribution >= 4 is 29.1 Å². The Morgan fingerprint density at radius 1 is 1.13 bits per heavy atom. The molecule has 1 saturated heterocycles. The summed E-state index contributed by atoms with van der Waals surface area (Å²) >= 11 is 6.28. The highest BCUT2D eigenvalue weighted by Crippen LogP contribution is 2.36. The SMILES string of the molecule is Cc1c2c(nn1C1CCN(C3CCC3)CC1)OCCC(C)Nc1nc(ncc1Cl)N2. The maximum Gasteiger partial charge on any atom is 0.257 e. The predicted octanol–water partition coefficient (Wildman–Crippen LogP) is 4.15. The lowest BCUT2D eigenvalue weighted by atomic mass is 9.89. The monoisotopic (exact) mass is 431 g/mol. The molecule has 4 heterocycles. The van der Waals surface area contributed by atoms with Gasteiger partial charge in [-0.2, -0.15) is 4.98 Å². The number of fused-ring (bicyclic) bond motifs is 3. The van der Waals surface area contributed by atoms with Gasteiger partial charge in [0.25, 0.3) is 5.88 Å². The molecule has 0 radical (unpaired) electrons. The molecule has 8 nitrogen and oxygen atoms in total. The summed E-state index contributed by atoms with van der Waals surface area (Å²) in [5, 5.41) is 12.1. The Kier molecular flexibility index (Phi) is 5.45. The van der Waals surface area contributed by atoms with Crippen LogP contribution in [0.3, 0.4) is 0 Å². The normalized spacial score (nSPS) is 23.4. The van der Waals surface area contributed by atoms with Gasteiger partial charge in [0, 0.05) is 31.6 Å². The van der Waals surface area contributed by atoms with Gasteiger partial charge in [0.2, 0.25) is 5.95 Å². The van der Waals surface area contributed by atoms with Gasteiger partial charge in [-0.1, -0.05) is 18.0 Å². The Bertz CT molecular complexity index is 905. The van der Waals surface area contributed by atoms with Gasteiger partial charge in [0.05, 0.1) is 24.5 Å². The van der Waals surface area contributed by atoms with E-state index in [1.807, 2.05) is 0 Å². The summed E-state index contributed by atoms with van der Waals surface area (Å²) in [6.07, 6.45) is 8.82. The first-order chi connectivity index (χ1) is 14.6. The molecule has 9 heteroatoms. The summed E-state index contributed by atoms with van der Waals surface area (Å²) in [7, 11) is 0. The van der Waals surface area contributed by atoms with Gasteiger partial charge in [-0.05, 0) is 39.5 Å². The summed E-state index contributed by atoms with van der Waals surface area (Å²) in [4.78, 5) is 11.6. The number of ether oxygens (including phenoxy) is 1. The Hall–Kier alpha value is -2.06. The number of nitrogens with one attached hydrogen (secondary N) is 2. The Morgan fingerprint density at radius 2 is 1.93 bits per heavy atom. The molecule has 2 aliphatic heterocycles. The van der Waals surface area contributed by atoms with Crippen molar-refractivity contribution in [2.75, 3.05) is 30.3 Å². The molecule has 162 valence electrons. The van der Waals surface area contributed by atoms with Gasteiger partial charge in [0.15, 0.2) is 5.82 Å². The third-order valence-corrected chi connectivity index (χ3v) is 6.98. The predicted molar refractivity (Wildman–Crippen MR) is 118 cm³/mol. The second-order valence-electron chi connectivity index (χ2n) is 8.76. The fourth-order valence-electron chi connectivity index (χ4n) is 4.62. The topological polar surface area (TPSA) is 80.1 Å². The molecule has 30 heavy (non-hydrogen) atoms. The molecule has 5 rings (SSSR count). The van der Waals surface area contributed by atoms with Crippen LogP contribution < -0.4 is 15.4 Å². The summed E-state index contributed by atoms with van der Waals surface area (Å²) in [5.74, 6) is 1.75. The number of nitrogens with zero attached hydrogens (tertiary/aromatic N) is 5. The molecule has 0 amide bonds. The van der Waals surface area contributed by atoms with Crippen molar-refractivity contribution in [2.45, 2.75) is 70.5 Å². The maximum atomic E-state index is 6.28. The van der Waals surface area contributed by atoms with E-state index >= 15 is 0 Å². The zero-order chi connectivity index (χ0) is 20.7. The fraction of sp³-hybridized carbons (Fsp3) is 0.667. The molecule has 2 fully saturated rings. The van der Waals surface area contributed by atoms with E-state index in [1.165, 1.54) is 19.3 Å². The lowest BCUT2D eigenvalue weighted by Gasteiger charge is -2.41. The third-order valence-electron chi connectivity index (χ3n) is 6.71. The van der Waals surface area contributed by atoms with Crippen LogP contribution in [0, 0.1) is 6.92 Å². The standard InChI is InChI=1S/C21H30ClN7O/c1-13-8-11-30-20-18(25-21-23-12-17(22)19(24-13)26-21)14(2)29(27-20)16-6-9-28(10-7-16)15-4-3-5-15/h12-13,15-16H,3-11H2,1-2H3,(H2,23,24,25,26). The molecule has 1 saturated carbocycles. The van der Waals surface area contributed by atoms with Crippen LogP contribution in [-0.2, 0) is 0 Å². The number of piperidine rings is 1. The van der Waals surface area contributed by atoms with Gasteiger partial charge in [-0.15, -0.1) is 5.10 Å². The highest BCUT2D eigenvalue weighted by atomic mass is 35.5. The molecule has 2 N–H and O–H groups in total. The van der Waals surface area contributed by atoms with E-state index in [0.29, 0.717) is 35.3 Å². The number of hydrogen-bond acceptors (Lipinski definition) is 7. The minimum atomic E-state index is 0.172. The number of aromatic nitrogens is 4. The lowest BCUT2D eigenvalue weighted by molar-refractivity contribution is 0.0834. The van der Waals surface area contributed by atoms with Crippen molar-refractivity contribution in [1.82, 2.24) is 24.6 Å². The van der Waals surface area contributed by atoms with Crippen molar-refractivity contribution in [2.24, 2.45) is 0 Å². The molecule has 2 bridgehead atoms. The molecule has 3 aliphatic rings. The highest BCUT2D eigenvalue weighted by Gasteiger charge is 2.31. The lowest BCUT2D eigenvalue weighted by Crippen LogP contribution is -2.45. The first-order valence-corrected chi connectivity index (χ1v) is 11.5. The van der Waals surface area contributed by atoms with Gasteiger partial charge in [-0.3, -0.25) is 4.68 Å². The number of likely N-dealkylation sites (tertiary alicyclic amines) is 1. The molecule has 2 aromatic rings. The fourth-order valence-corrected chi connectivity index (χ4v) is 4.76. The van der Waals surface area contributed by atoms with Crippen molar-refractivity contribution < 1.29 is 4.74 Å². The molecule has 0 aromatic carbocycles. The van der Waals surface area contributed by atoms with Crippen LogP contribution >= 0.6 is 11.6 Å². The zero-order valence-electron chi connectivity index (χ0n) is 17.7. The van der Waals surface area contributed by atoms with Crippen LogP contribution in [0.2, 0.25) is 5.02 Å². The van der Waals surface area contributed by atoms with Gasteiger partial charge in [-0.25, -0.2) is 4.98 Å². The van der Waals surface area contributed by atoms with E-state index in [2.05, 4.69) is 44.0 Å². The minimum Gasteiger partial charge on any atom is -0.475 e. The molecule has 1 unspecified atom stereocenters. The molecule has 1 atom stereocenters. The average molecular weight is 432 g/mol. The summed E-state index contributed by atoms with van der Waals surface area (Å²) in [6.45, 7) is 7.06. The van der Waals surface area contributed by atoms with Crippen molar-refractivity contribution in [3.63, 3.8) is 0 Å². The average Bonchev–Trinajstić information content (AvgIpc) is 2.98. The molecular weight excluding hydrogens is 402 g/mol. The Morgan fingerprint density at radius 3 is 2.67 bits per heavy atom. The Labute approximate surface area is 182 Å². The van der Waals surface area contributed by atoms with E-state index < -0.39 is 0 Å². The molecule has 1 aliphatic carbocycles. The van der Waals surface area contributed by atoms with Crippen molar-refractivity contribution in [1.29, 1.82) is 0 Å². The van der Waals surface area contributed by atoms with Crippen molar-refractivity contribution in [3.05, 3.63) is 16.9 Å². The van der Waals surface area contributed by atoms with E-state index in [1.54, 1.807) is 6.20 Å². The van der Waals surface area contributed by atoms with Crippen LogP contribution in [-0.4, -0.2) is 56.4 Å². The van der Waals surface area contributed by atoms with Gasteiger partial charge >= 0.3 is 0 Å². The third kappa shape index (κ3) is 3.83. The number of rotatable bonds is 2. The van der Waals surface area contributed by atoms with Gasteiger partial charge in [0.1, 0.15) is 10.7 Å².